The van der Waals surface area contributed by atoms with Gasteiger partial charge < -0.3 is 5.32 Å². The van der Waals surface area contributed by atoms with Gasteiger partial charge >= 0.3 is 0 Å². The highest BCUT2D eigenvalue weighted by molar-refractivity contribution is 8.00. The van der Waals surface area contributed by atoms with E-state index in [-0.39, 0.29) is 34.8 Å². The standard InChI is InChI=1S/C32H34ClN5O2S/c1-20-11-12-25(21(2)14-20)38-31-28(30(36-38)32(3,4)5)29(23-9-6-10-24(33)15-23)41-19-27(40)37(31)18-26(39)35-17-22-8-7-13-34-16-22/h6-16,29H,17-19H2,1-5H3,(H,35,39). The predicted octanol–water partition coefficient (Wildman–Crippen LogP) is 6.32. The number of amides is 2. The first-order chi connectivity index (χ1) is 19.5. The van der Waals surface area contributed by atoms with Gasteiger partial charge in [0.25, 0.3) is 0 Å². The van der Waals surface area contributed by atoms with E-state index in [1.54, 1.807) is 17.3 Å². The van der Waals surface area contributed by atoms with Crippen molar-refractivity contribution in [1.29, 1.82) is 0 Å². The summed E-state index contributed by atoms with van der Waals surface area (Å²) in [5.41, 5.74) is 6.37. The predicted molar refractivity (Wildman–Crippen MR) is 166 cm³/mol. The molecule has 4 aromatic rings. The van der Waals surface area contributed by atoms with E-state index in [0.29, 0.717) is 17.4 Å². The fraction of sp³-hybridized carbons (Fsp3) is 0.312. The highest BCUT2D eigenvalue weighted by Crippen LogP contribution is 2.48. The second-order valence-corrected chi connectivity index (χ2v) is 12.9. The molecule has 9 heteroatoms. The van der Waals surface area contributed by atoms with Crippen molar-refractivity contribution < 1.29 is 9.59 Å². The number of hydrogen-bond acceptors (Lipinski definition) is 5. The monoisotopic (exact) mass is 587 g/mol. The molecule has 0 fully saturated rings. The minimum Gasteiger partial charge on any atom is -0.350 e. The van der Waals surface area contributed by atoms with Gasteiger partial charge in [0.15, 0.2) is 0 Å². The van der Waals surface area contributed by atoms with Crippen LogP contribution in [-0.4, -0.2) is 38.9 Å². The number of aromatic nitrogens is 3. The molecule has 0 spiro atoms. The molecule has 41 heavy (non-hydrogen) atoms. The summed E-state index contributed by atoms with van der Waals surface area (Å²) in [5.74, 6) is 0.421. The number of rotatable bonds is 6. The molecule has 0 saturated heterocycles. The van der Waals surface area contributed by atoms with Gasteiger partial charge in [-0.15, -0.1) is 11.8 Å². The molecule has 1 unspecified atom stereocenters. The van der Waals surface area contributed by atoms with Crippen LogP contribution in [0.3, 0.4) is 0 Å². The third-order valence-corrected chi connectivity index (χ3v) is 8.54. The minimum atomic E-state index is -0.340. The van der Waals surface area contributed by atoms with Gasteiger partial charge in [0.1, 0.15) is 12.4 Å². The van der Waals surface area contributed by atoms with Crippen LogP contribution < -0.4 is 10.2 Å². The summed E-state index contributed by atoms with van der Waals surface area (Å²) < 4.78 is 1.86. The second kappa shape index (κ2) is 11.7. The van der Waals surface area contributed by atoms with Crippen LogP contribution >= 0.6 is 23.4 Å². The van der Waals surface area contributed by atoms with Crippen molar-refractivity contribution in [3.8, 4) is 5.69 Å². The van der Waals surface area contributed by atoms with Crippen LogP contribution in [0.15, 0.2) is 67.0 Å². The topological polar surface area (TPSA) is 80.1 Å². The van der Waals surface area contributed by atoms with E-state index in [2.05, 4.69) is 44.1 Å². The fourth-order valence-electron chi connectivity index (χ4n) is 5.12. The molecular formula is C32H34ClN5O2S. The highest BCUT2D eigenvalue weighted by Gasteiger charge is 2.40. The number of nitrogens with one attached hydrogen (secondary N) is 1. The fourth-order valence-corrected chi connectivity index (χ4v) is 6.51. The molecule has 7 nitrogen and oxygen atoms in total. The van der Waals surface area contributed by atoms with Gasteiger partial charge in [-0.25, -0.2) is 4.68 Å². The van der Waals surface area contributed by atoms with Gasteiger partial charge in [-0.2, -0.15) is 5.10 Å². The van der Waals surface area contributed by atoms with Gasteiger partial charge in [0.05, 0.1) is 22.4 Å². The summed E-state index contributed by atoms with van der Waals surface area (Å²) in [6.45, 7) is 10.7. The molecule has 1 N–H and O–H groups in total. The van der Waals surface area contributed by atoms with E-state index < -0.39 is 0 Å². The summed E-state index contributed by atoms with van der Waals surface area (Å²) in [7, 11) is 0. The average molecular weight is 588 g/mol. The Bertz CT molecular complexity index is 1600. The highest BCUT2D eigenvalue weighted by atomic mass is 35.5. The third kappa shape index (κ3) is 6.19. The Kier molecular flexibility index (Phi) is 8.25. The maximum Gasteiger partial charge on any atom is 0.240 e. The Balaban J connectivity index is 1.68. The molecule has 1 aliphatic heterocycles. The molecule has 0 saturated carbocycles. The normalized spacial score (nSPS) is 15.4. The maximum atomic E-state index is 13.9. The maximum absolute atomic E-state index is 13.9. The molecular weight excluding hydrogens is 554 g/mol. The van der Waals surface area contributed by atoms with Crippen LogP contribution in [0, 0.1) is 13.8 Å². The Labute approximate surface area is 250 Å². The van der Waals surface area contributed by atoms with Crippen molar-refractivity contribution in [3.63, 3.8) is 0 Å². The number of benzene rings is 2. The second-order valence-electron chi connectivity index (χ2n) is 11.4. The van der Waals surface area contributed by atoms with Crippen molar-refractivity contribution in [2.24, 2.45) is 0 Å². The Morgan fingerprint density at radius 1 is 1.12 bits per heavy atom. The quantitative estimate of drug-likeness (QED) is 0.285. The third-order valence-electron chi connectivity index (χ3n) is 7.05. The number of halogens is 1. The van der Waals surface area contributed by atoms with E-state index in [1.165, 1.54) is 11.8 Å². The lowest BCUT2D eigenvalue weighted by atomic mass is 9.87. The molecule has 1 aliphatic rings. The molecule has 2 aromatic carbocycles. The molecule has 0 aliphatic carbocycles. The zero-order valence-corrected chi connectivity index (χ0v) is 25.5. The number of anilines is 1. The van der Waals surface area contributed by atoms with Crippen LogP contribution in [-0.2, 0) is 21.5 Å². The van der Waals surface area contributed by atoms with E-state index in [1.807, 2.05) is 60.1 Å². The largest absolute Gasteiger partial charge is 0.350 e. The van der Waals surface area contributed by atoms with Crippen molar-refractivity contribution in [1.82, 2.24) is 20.1 Å². The van der Waals surface area contributed by atoms with Crippen molar-refractivity contribution in [3.05, 3.63) is 106 Å². The number of nitrogens with zero attached hydrogens (tertiary/aromatic N) is 4. The number of aryl methyl sites for hydroxylation is 2. The van der Waals surface area contributed by atoms with Gasteiger partial charge in [0, 0.05) is 34.9 Å². The molecule has 212 valence electrons. The van der Waals surface area contributed by atoms with Crippen molar-refractivity contribution in [2.75, 3.05) is 17.2 Å². The van der Waals surface area contributed by atoms with Crippen LogP contribution in [0.2, 0.25) is 5.02 Å². The van der Waals surface area contributed by atoms with Gasteiger partial charge in [-0.3, -0.25) is 19.5 Å². The smallest absolute Gasteiger partial charge is 0.240 e. The Morgan fingerprint density at radius 3 is 2.61 bits per heavy atom. The summed E-state index contributed by atoms with van der Waals surface area (Å²) in [6.07, 6.45) is 3.41. The Hall–Kier alpha value is -3.62. The average Bonchev–Trinajstić information content (AvgIpc) is 3.25. The molecule has 0 radical (unpaired) electrons. The van der Waals surface area contributed by atoms with Crippen LogP contribution in [0.1, 0.15) is 59.5 Å². The summed E-state index contributed by atoms with van der Waals surface area (Å²) in [6, 6.07) is 17.7. The van der Waals surface area contributed by atoms with E-state index in [0.717, 1.165) is 39.2 Å². The van der Waals surface area contributed by atoms with Crippen LogP contribution in [0.5, 0.6) is 0 Å². The number of pyridine rings is 1. The SMILES string of the molecule is Cc1ccc(-n2nc(C(C)(C)C)c3c2N(CC(=O)NCc2cccnc2)C(=O)CSC3c2cccc(Cl)c2)c(C)c1. The van der Waals surface area contributed by atoms with Gasteiger partial charge in [-0.1, -0.05) is 68.3 Å². The Morgan fingerprint density at radius 2 is 1.93 bits per heavy atom. The van der Waals surface area contributed by atoms with Gasteiger partial charge in [0.2, 0.25) is 11.8 Å². The molecule has 5 rings (SSSR count). The lowest BCUT2D eigenvalue weighted by Crippen LogP contribution is -2.42. The number of carbonyl (C=O) groups excluding carboxylic acids is 2. The first-order valence-corrected chi connectivity index (χ1v) is 15.0. The zero-order chi connectivity index (χ0) is 29.3. The number of hydrogen-bond donors (Lipinski definition) is 1. The molecule has 0 bridgehead atoms. The molecule has 1 atom stereocenters. The van der Waals surface area contributed by atoms with Crippen molar-refractivity contribution in [2.45, 2.75) is 51.8 Å². The first kappa shape index (κ1) is 28.9. The van der Waals surface area contributed by atoms with E-state index in [9.17, 15) is 9.59 Å². The lowest BCUT2D eigenvalue weighted by molar-refractivity contribution is -0.123. The lowest BCUT2D eigenvalue weighted by Gasteiger charge is -2.25. The molecule has 2 aromatic heterocycles. The number of fused-ring (bicyclic) bond motifs is 1. The van der Waals surface area contributed by atoms with Crippen LogP contribution in [0.25, 0.3) is 5.69 Å². The zero-order valence-electron chi connectivity index (χ0n) is 23.9. The summed E-state index contributed by atoms with van der Waals surface area (Å²) >= 11 is 7.98. The molecule has 3 heterocycles. The summed E-state index contributed by atoms with van der Waals surface area (Å²) in [4.78, 5) is 32.9. The number of carbonyl (C=O) groups is 2. The van der Waals surface area contributed by atoms with Crippen LogP contribution in [0.4, 0.5) is 5.82 Å². The van der Waals surface area contributed by atoms with E-state index >= 15 is 0 Å². The molecule has 2 amide bonds. The van der Waals surface area contributed by atoms with Gasteiger partial charge in [-0.05, 0) is 54.8 Å². The summed E-state index contributed by atoms with van der Waals surface area (Å²) in [5, 5.41) is 8.57. The number of thioether (sulfide) groups is 1. The minimum absolute atomic E-state index is 0.130. The van der Waals surface area contributed by atoms with Crippen molar-refractivity contribution >= 4 is 41.0 Å². The van der Waals surface area contributed by atoms with E-state index in [4.69, 9.17) is 16.7 Å². The first-order valence-electron chi connectivity index (χ1n) is 13.6.